The minimum atomic E-state index is 0.419. The maximum Gasteiger partial charge on any atom is 0.00647 e. The molecule has 0 aromatic rings. The molecule has 1 heteroatoms. The fourth-order valence-electron chi connectivity index (χ4n) is 7.50. The first-order valence-corrected chi connectivity index (χ1v) is 11.2. The van der Waals surface area contributed by atoms with Crippen molar-refractivity contribution in [1.29, 1.82) is 0 Å². The molecule has 3 fully saturated rings. The Morgan fingerprint density at radius 2 is 1.71 bits per heavy atom. The normalized spacial score (nSPS) is 44.6. The van der Waals surface area contributed by atoms with Crippen LogP contribution in [-0.2, 0) is 0 Å². The second-order valence-electron chi connectivity index (χ2n) is 10.3. The summed E-state index contributed by atoms with van der Waals surface area (Å²) in [6, 6.07) is 0.419. The second-order valence-corrected chi connectivity index (χ2v) is 10.3. The van der Waals surface area contributed by atoms with E-state index in [4.69, 9.17) is 5.73 Å². The van der Waals surface area contributed by atoms with Crippen molar-refractivity contribution in [2.45, 2.75) is 111 Å². The molecule has 24 heavy (non-hydrogen) atoms. The van der Waals surface area contributed by atoms with E-state index < -0.39 is 0 Å². The molecule has 3 saturated carbocycles. The highest BCUT2D eigenvalue weighted by Gasteiger charge is 2.54. The van der Waals surface area contributed by atoms with Gasteiger partial charge in [-0.25, -0.2) is 0 Å². The molecule has 0 radical (unpaired) electrons. The van der Waals surface area contributed by atoms with Gasteiger partial charge in [-0.3, -0.25) is 0 Å². The summed E-state index contributed by atoms with van der Waals surface area (Å²) < 4.78 is 0. The average Bonchev–Trinajstić information content (AvgIpc) is 2.96. The molecule has 0 aromatic heterocycles. The zero-order valence-corrected chi connectivity index (χ0v) is 16.9. The minimum absolute atomic E-state index is 0.419. The predicted octanol–water partition coefficient (Wildman–Crippen LogP) is 6.55. The molecule has 0 spiro atoms. The highest BCUT2D eigenvalue weighted by molar-refractivity contribution is 5.04. The molecule has 0 aliphatic heterocycles. The summed E-state index contributed by atoms with van der Waals surface area (Å²) in [5.74, 6) is 3.82. The number of rotatable bonds is 6. The fourth-order valence-corrected chi connectivity index (χ4v) is 7.50. The first-order valence-electron chi connectivity index (χ1n) is 11.2. The molecule has 0 saturated heterocycles. The van der Waals surface area contributed by atoms with Crippen LogP contribution < -0.4 is 5.73 Å². The zero-order valence-electron chi connectivity index (χ0n) is 16.9. The number of hydrogen-bond acceptors (Lipinski definition) is 1. The van der Waals surface area contributed by atoms with Crippen molar-refractivity contribution in [1.82, 2.24) is 0 Å². The smallest absolute Gasteiger partial charge is 0.00647 e. The SMILES string of the molecule is CCCC(CC1(C)CCCC2C3CCCC3(C)CCC21)C(N)CC. The van der Waals surface area contributed by atoms with Crippen LogP contribution in [0.5, 0.6) is 0 Å². The highest BCUT2D eigenvalue weighted by Crippen LogP contribution is 2.63. The third-order valence-electron chi connectivity index (χ3n) is 8.86. The lowest BCUT2D eigenvalue weighted by Gasteiger charge is -2.56. The van der Waals surface area contributed by atoms with E-state index in [9.17, 15) is 0 Å². The van der Waals surface area contributed by atoms with Crippen molar-refractivity contribution < 1.29 is 0 Å². The molecule has 0 amide bonds. The standard InChI is InChI=1S/C23H43N/c1-5-9-17(21(24)6-2)16-23(4)14-7-10-18-19-11-8-13-22(19,3)15-12-20(18)23/h17-21H,5-16,24H2,1-4H3. The largest absolute Gasteiger partial charge is 0.327 e. The Bertz CT molecular complexity index is 418. The van der Waals surface area contributed by atoms with Crippen LogP contribution in [0.2, 0.25) is 0 Å². The Hall–Kier alpha value is -0.0400. The summed E-state index contributed by atoms with van der Waals surface area (Å²) in [6.07, 6.45) is 17.2. The maximum atomic E-state index is 6.55. The first-order chi connectivity index (χ1) is 11.4. The number of hydrogen-bond donors (Lipinski definition) is 1. The van der Waals surface area contributed by atoms with Crippen LogP contribution in [0.25, 0.3) is 0 Å². The quantitative estimate of drug-likeness (QED) is 0.585. The molecule has 3 aliphatic carbocycles. The van der Waals surface area contributed by atoms with Gasteiger partial charge in [-0.2, -0.15) is 0 Å². The molecule has 2 N–H and O–H groups in total. The van der Waals surface area contributed by atoms with Crippen molar-refractivity contribution in [3.05, 3.63) is 0 Å². The van der Waals surface area contributed by atoms with Crippen LogP contribution in [0.1, 0.15) is 105 Å². The maximum absolute atomic E-state index is 6.55. The third-order valence-corrected chi connectivity index (χ3v) is 8.86. The van der Waals surface area contributed by atoms with E-state index in [2.05, 4.69) is 27.7 Å². The highest BCUT2D eigenvalue weighted by atomic mass is 14.7. The summed E-state index contributed by atoms with van der Waals surface area (Å²) in [5, 5.41) is 0. The van der Waals surface area contributed by atoms with Crippen molar-refractivity contribution in [3.63, 3.8) is 0 Å². The second kappa shape index (κ2) is 7.29. The van der Waals surface area contributed by atoms with Crippen molar-refractivity contribution in [3.8, 4) is 0 Å². The van der Waals surface area contributed by atoms with Crippen LogP contribution in [-0.4, -0.2) is 6.04 Å². The van der Waals surface area contributed by atoms with Crippen LogP contribution in [0.15, 0.2) is 0 Å². The lowest BCUT2D eigenvalue weighted by atomic mass is 9.49. The van der Waals surface area contributed by atoms with Gasteiger partial charge in [-0.05, 0) is 92.3 Å². The van der Waals surface area contributed by atoms with E-state index in [-0.39, 0.29) is 0 Å². The van der Waals surface area contributed by atoms with Gasteiger partial charge in [0.15, 0.2) is 0 Å². The van der Waals surface area contributed by atoms with E-state index in [1.165, 1.54) is 70.6 Å². The summed E-state index contributed by atoms with van der Waals surface area (Å²) in [4.78, 5) is 0. The van der Waals surface area contributed by atoms with Gasteiger partial charge in [0, 0.05) is 6.04 Å². The van der Waals surface area contributed by atoms with E-state index in [0.29, 0.717) is 16.9 Å². The van der Waals surface area contributed by atoms with E-state index in [1.54, 1.807) is 0 Å². The van der Waals surface area contributed by atoms with Gasteiger partial charge in [0.25, 0.3) is 0 Å². The minimum Gasteiger partial charge on any atom is -0.327 e. The van der Waals surface area contributed by atoms with Crippen molar-refractivity contribution in [2.75, 3.05) is 0 Å². The fraction of sp³-hybridized carbons (Fsp3) is 1.00. The molecular weight excluding hydrogens is 290 g/mol. The van der Waals surface area contributed by atoms with Gasteiger partial charge < -0.3 is 5.73 Å². The Morgan fingerprint density at radius 3 is 2.42 bits per heavy atom. The predicted molar refractivity (Wildman–Crippen MR) is 105 cm³/mol. The molecular formula is C23H43N. The Labute approximate surface area is 151 Å². The molecule has 140 valence electrons. The van der Waals surface area contributed by atoms with Gasteiger partial charge in [0.2, 0.25) is 0 Å². The van der Waals surface area contributed by atoms with E-state index in [1.807, 2.05) is 0 Å². The number of nitrogens with two attached hydrogens (primary N) is 1. The van der Waals surface area contributed by atoms with Gasteiger partial charge >= 0.3 is 0 Å². The zero-order chi connectivity index (χ0) is 17.4. The molecule has 0 heterocycles. The molecule has 0 aromatic carbocycles. The molecule has 1 nitrogen and oxygen atoms in total. The topological polar surface area (TPSA) is 26.0 Å². The van der Waals surface area contributed by atoms with Gasteiger partial charge in [0.05, 0.1) is 0 Å². The van der Waals surface area contributed by atoms with Crippen molar-refractivity contribution >= 4 is 0 Å². The monoisotopic (exact) mass is 333 g/mol. The first kappa shape index (κ1) is 18.7. The van der Waals surface area contributed by atoms with Gasteiger partial charge in [-0.1, -0.05) is 47.0 Å². The van der Waals surface area contributed by atoms with Crippen LogP contribution in [0, 0.1) is 34.5 Å². The lowest BCUT2D eigenvalue weighted by molar-refractivity contribution is -0.0665. The third kappa shape index (κ3) is 3.31. The average molecular weight is 334 g/mol. The van der Waals surface area contributed by atoms with Crippen LogP contribution >= 0.6 is 0 Å². The van der Waals surface area contributed by atoms with E-state index in [0.717, 1.165) is 30.1 Å². The van der Waals surface area contributed by atoms with Crippen LogP contribution in [0.4, 0.5) is 0 Å². The summed E-state index contributed by atoms with van der Waals surface area (Å²) >= 11 is 0. The molecule has 7 atom stereocenters. The molecule has 0 bridgehead atoms. The Kier molecular flexibility index (Phi) is 5.70. The van der Waals surface area contributed by atoms with E-state index >= 15 is 0 Å². The summed E-state index contributed by atoms with van der Waals surface area (Å²) in [7, 11) is 0. The molecule has 3 aliphatic rings. The molecule has 3 rings (SSSR count). The summed E-state index contributed by atoms with van der Waals surface area (Å²) in [5.41, 5.74) is 7.82. The molecule has 7 unspecified atom stereocenters. The van der Waals surface area contributed by atoms with Crippen molar-refractivity contribution in [2.24, 2.45) is 40.2 Å². The number of fused-ring (bicyclic) bond motifs is 3. The Morgan fingerprint density at radius 1 is 0.958 bits per heavy atom. The summed E-state index contributed by atoms with van der Waals surface area (Å²) in [6.45, 7) is 9.90. The Balaban J connectivity index is 1.77. The van der Waals surface area contributed by atoms with Gasteiger partial charge in [-0.15, -0.1) is 0 Å². The van der Waals surface area contributed by atoms with Crippen LogP contribution in [0.3, 0.4) is 0 Å². The lowest BCUT2D eigenvalue weighted by Crippen LogP contribution is -2.48. The van der Waals surface area contributed by atoms with Gasteiger partial charge in [0.1, 0.15) is 0 Å².